The zero-order chi connectivity index (χ0) is 14.1. The van der Waals surface area contributed by atoms with Crippen LogP contribution in [0.25, 0.3) is 11.3 Å². The Kier molecular flexibility index (Phi) is 3.14. The molecule has 1 aromatic heterocycles. The maximum absolute atomic E-state index is 13.4. The highest BCUT2D eigenvalue weighted by Gasteiger charge is 2.23. The number of rotatable bonds is 5. The Morgan fingerprint density at radius 2 is 2.25 bits per heavy atom. The first kappa shape index (κ1) is 12.7. The number of aromatic carboxylic acids is 1. The third-order valence-corrected chi connectivity index (χ3v) is 3.11. The maximum Gasteiger partial charge on any atom is 0.358 e. The van der Waals surface area contributed by atoms with Crippen LogP contribution in [0, 0.1) is 11.7 Å². The summed E-state index contributed by atoms with van der Waals surface area (Å²) < 4.78 is 24.0. The highest BCUT2D eigenvalue weighted by molar-refractivity contribution is 5.86. The van der Waals surface area contributed by atoms with Crippen molar-refractivity contribution in [2.75, 3.05) is 6.61 Å². The standard InChI is InChI=1S/C14H12FNO4/c15-9-3-4-12(19-7-8-1-2-8)10(5-9)13-6-11(14(17)18)16-20-13/h3-6,8H,1-2,7H2,(H,17,18). The van der Waals surface area contributed by atoms with Gasteiger partial charge in [0.05, 0.1) is 12.2 Å². The van der Waals surface area contributed by atoms with Gasteiger partial charge in [0, 0.05) is 6.07 Å². The monoisotopic (exact) mass is 277 g/mol. The molecule has 0 bridgehead atoms. The van der Waals surface area contributed by atoms with Crippen molar-refractivity contribution in [2.45, 2.75) is 12.8 Å². The average Bonchev–Trinajstić information content (AvgIpc) is 3.11. The molecule has 2 aromatic rings. The number of carboxylic acid groups (broad SMARTS) is 1. The van der Waals surface area contributed by atoms with Crippen LogP contribution in [-0.2, 0) is 0 Å². The zero-order valence-corrected chi connectivity index (χ0v) is 10.5. The molecule has 0 saturated heterocycles. The lowest BCUT2D eigenvalue weighted by molar-refractivity contribution is 0.0686. The van der Waals surface area contributed by atoms with Crippen molar-refractivity contribution >= 4 is 5.97 Å². The van der Waals surface area contributed by atoms with E-state index in [1.165, 1.54) is 24.3 Å². The van der Waals surface area contributed by atoms with Crippen molar-refractivity contribution in [3.05, 3.63) is 35.8 Å². The van der Waals surface area contributed by atoms with Gasteiger partial charge < -0.3 is 14.4 Å². The third-order valence-electron chi connectivity index (χ3n) is 3.11. The molecule has 0 aliphatic heterocycles. The van der Waals surface area contributed by atoms with Crippen molar-refractivity contribution in [3.8, 4) is 17.1 Å². The van der Waals surface area contributed by atoms with Gasteiger partial charge in [-0.25, -0.2) is 9.18 Å². The lowest BCUT2D eigenvalue weighted by Gasteiger charge is -2.09. The fourth-order valence-corrected chi connectivity index (χ4v) is 1.82. The summed E-state index contributed by atoms with van der Waals surface area (Å²) in [6.45, 7) is 0.568. The van der Waals surface area contributed by atoms with Crippen LogP contribution in [0.1, 0.15) is 23.3 Å². The Morgan fingerprint density at radius 3 is 2.90 bits per heavy atom. The van der Waals surface area contributed by atoms with Crippen LogP contribution < -0.4 is 4.74 Å². The van der Waals surface area contributed by atoms with Crippen molar-refractivity contribution < 1.29 is 23.6 Å². The Hall–Kier alpha value is -2.37. The number of carbonyl (C=O) groups is 1. The number of aromatic nitrogens is 1. The molecule has 1 saturated carbocycles. The summed E-state index contributed by atoms with van der Waals surface area (Å²) in [4.78, 5) is 10.8. The van der Waals surface area contributed by atoms with Gasteiger partial charge in [0.1, 0.15) is 11.6 Å². The number of ether oxygens (including phenoxy) is 1. The molecule has 1 aliphatic rings. The first-order chi connectivity index (χ1) is 9.63. The molecule has 5 nitrogen and oxygen atoms in total. The van der Waals surface area contributed by atoms with Crippen molar-refractivity contribution in [3.63, 3.8) is 0 Å². The summed E-state index contributed by atoms with van der Waals surface area (Å²) in [5, 5.41) is 12.2. The van der Waals surface area contributed by atoms with Gasteiger partial charge in [-0.2, -0.15) is 0 Å². The molecule has 6 heteroatoms. The van der Waals surface area contributed by atoms with E-state index in [2.05, 4.69) is 5.16 Å². The minimum atomic E-state index is -1.20. The van der Waals surface area contributed by atoms with E-state index in [0.29, 0.717) is 23.8 Å². The lowest BCUT2D eigenvalue weighted by atomic mass is 10.1. The number of carboxylic acids is 1. The second-order valence-electron chi connectivity index (χ2n) is 4.78. The van der Waals surface area contributed by atoms with Crippen molar-refractivity contribution in [2.24, 2.45) is 5.92 Å². The number of hydrogen-bond donors (Lipinski definition) is 1. The van der Waals surface area contributed by atoms with Crippen LogP contribution >= 0.6 is 0 Å². The normalized spacial score (nSPS) is 14.2. The van der Waals surface area contributed by atoms with Gasteiger partial charge in [0.15, 0.2) is 11.5 Å². The summed E-state index contributed by atoms with van der Waals surface area (Å²) in [5.74, 6) is -0.458. The molecular weight excluding hydrogens is 265 g/mol. The number of halogens is 1. The van der Waals surface area contributed by atoms with E-state index in [1.807, 2.05) is 0 Å². The molecule has 20 heavy (non-hydrogen) atoms. The molecule has 3 rings (SSSR count). The summed E-state index contributed by atoms with van der Waals surface area (Å²) >= 11 is 0. The molecule has 0 amide bonds. The molecule has 1 N–H and O–H groups in total. The molecule has 1 heterocycles. The first-order valence-corrected chi connectivity index (χ1v) is 6.26. The predicted molar refractivity (Wildman–Crippen MR) is 67.1 cm³/mol. The molecule has 1 fully saturated rings. The number of nitrogens with zero attached hydrogens (tertiary/aromatic N) is 1. The summed E-state index contributed by atoms with van der Waals surface area (Å²) in [5.41, 5.74) is 0.142. The molecule has 0 spiro atoms. The van der Waals surface area contributed by atoms with E-state index >= 15 is 0 Å². The molecule has 0 atom stereocenters. The molecular formula is C14H12FNO4. The molecule has 0 radical (unpaired) electrons. The van der Waals surface area contributed by atoms with Gasteiger partial charge in [-0.1, -0.05) is 5.16 Å². The Balaban J connectivity index is 1.91. The number of benzene rings is 1. The van der Waals surface area contributed by atoms with Crippen molar-refractivity contribution in [1.29, 1.82) is 0 Å². The quantitative estimate of drug-likeness (QED) is 0.909. The molecule has 0 unspecified atom stereocenters. The van der Waals surface area contributed by atoms with Crippen LogP contribution in [0.5, 0.6) is 5.75 Å². The largest absolute Gasteiger partial charge is 0.493 e. The van der Waals surface area contributed by atoms with Crippen LogP contribution in [0.2, 0.25) is 0 Å². The van der Waals surface area contributed by atoms with Crippen LogP contribution in [0.15, 0.2) is 28.8 Å². The molecule has 1 aliphatic carbocycles. The van der Waals surface area contributed by atoms with E-state index in [4.69, 9.17) is 14.4 Å². The second kappa shape index (κ2) is 4.96. The number of hydrogen-bond acceptors (Lipinski definition) is 4. The minimum Gasteiger partial charge on any atom is -0.493 e. The van der Waals surface area contributed by atoms with E-state index in [0.717, 1.165) is 12.8 Å². The van der Waals surface area contributed by atoms with E-state index in [-0.39, 0.29) is 11.5 Å². The Morgan fingerprint density at radius 1 is 1.45 bits per heavy atom. The zero-order valence-electron chi connectivity index (χ0n) is 10.5. The topological polar surface area (TPSA) is 72.6 Å². The SMILES string of the molecule is O=C(O)c1cc(-c2cc(F)ccc2OCC2CC2)on1. The van der Waals surface area contributed by atoms with Gasteiger partial charge in [0.25, 0.3) is 0 Å². The summed E-state index contributed by atoms with van der Waals surface area (Å²) in [6, 6.07) is 5.30. The van der Waals surface area contributed by atoms with E-state index in [1.54, 1.807) is 0 Å². The first-order valence-electron chi connectivity index (χ1n) is 6.26. The van der Waals surface area contributed by atoms with Gasteiger partial charge in [-0.15, -0.1) is 0 Å². The lowest BCUT2D eigenvalue weighted by Crippen LogP contribution is -2.00. The van der Waals surface area contributed by atoms with Gasteiger partial charge in [-0.05, 0) is 37.0 Å². The van der Waals surface area contributed by atoms with Crippen LogP contribution in [0.3, 0.4) is 0 Å². The van der Waals surface area contributed by atoms with E-state index in [9.17, 15) is 9.18 Å². The maximum atomic E-state index is 13.4. The van der Waals surface area contributed by atoms with Crippen LogP contribution in [-0.4, -0.2) is 22.8 Å². The highest BCUT2D eigenvalue weighted by atomic mass is 19.1. The van der Waals surface area contributed by atoms with Crippen molar-refractivity contribution in [1.82, 2.24) is 5.16 Å². The second-order valence-corrected chi connectivity index (χ2v) is 4.78. The van der Waals surface area contributed by atoms with E-state index < -0.39 is 11.8 Å². The van der Waals surface area contributed by atoms with Gasteiger partial charge >= 0.3 is 5.97 Å². The van der Waals surface area contributed by atoms with Gasteiger partial charge in [0.2, 0.25) is 0 Å². The van der Waals surface area contributed by atoms with Crippen LogP contribution in [0.4, 0.5) is 4.39 Å². The highest BCUT2D eigenvalue weighted by Crippen LogP contribution is 2.34. The molecule has 1 aromatic carbocycles. The smallest absolute Gasteiger partial charge is 0.358 e. The summed E-state index contributed by atoms with van der Waals surface area (Å²) in [6.07, 6.45) is 2.28. The molecule has 104 valence electrons. The Bertz CT molecular complexity index is 648. The Labute approximate surface area is 114 Å². The minimum absolute atomic E-state index is 0.174. The average molecular weight is 277 g/mol. The summed E-state index contributed by atoms with van der Waals surface area (Å²) in [7, 11) is 0. The van der Waals surface area contributed by atoms with Gasteiger partial charge in [-0.3, -0.25) is 0 Å². The fourth-order valence-electron chi connectivity index (χ4n) is 1.82. The fraction of sp³-hybridized carbons (Fsp3) is 0.286. The predicted octanol–water partition coefficient (Wildman–Crippen LogP) is 2.97. The third kappa shape index (κ3) is 2.64.